The van der Waals surface area contributed by atoms with Gasteiger partial charge in [0.05, 0.1) is 37.6 Å². The number of aromatic hydroxyl groups is 1. The molecule has 10 heteroatoms. The van der Waals surface area contributed by atoms with Gasteiger partial charge in [0.25, 0.3) is 5.91 Å². The molecule has 1 amide bonds. The smallest absolute Gasteiger partial charge is 0.267 e. The SMILES string of the molecule is COc1cc(/C=N\N=C2\S/C(=C\c3cc(Cl)ccc3O)C(=O)N2Cc2ccco2)ccc1OCC(C)C. The Labute approximate surface area is 224 Å². The van der Waals surface area contributed by atoms with E-state index < -0.39 is 0 Å². The van der Waals surface area contributed by atoms with Crippen molar-refractivity contribution in [1.29, 1.82) is 0 Å². The number of amides is 1. The van der Waals surface area contributed by atoms with Gasteiger partial charge < -0.3 is 19.0 Å². The van der Waals surface area contributed by atoms with Crippen molar-refractivity contribution >= 4 is 46.7 Å². The fourth-order valence-electron chi connectivity index (χ4n) is 3.35. The van der Waals surface area contributed by atoms with Crippen molar-refractivity contribution in [1.82, 2.24) is 4.90 Å². The van der Waals surface area contributed by atoms with Crippen molar-refractivity contribution in [2.24, 2.45) is 16.1 Å². The zero-order valence-corrected chi connectivity index (χ0v) is 22.1. The summed E-state index contributed by atoms with van der Waals surface area (Å²) in [4.78, 5) is 15.1. The van der Waals surface area contributed by atoms with Crippen molar-refractivity contribution in [3.63, 3.8) is 0 Å². The van der Waals surface area contributed by atoms with Crippen LogP contribution >= 0.6 is 23.4 Å². The van der Waals surface area contributed by atoms with Crippen LogP contribution in [-0.4, -0.2) is 41.0 Å². The van der Waals surface area contributed by atoms with E-state index in [4.69, 9.17) is 25.5 Å². The molecule has 0 spiro atoms. The number of carbonyl (C=O) groups excluding carboxylic acids is 1. The Kier molecular flexibility index (Phi) is 8.58. The number of rotatable bonds is 9. The predicted molar refractivity (Wildman–Crippen MR) is 146 cm³/mol. The number of hydrogen-bond acceptors (Lipinski definition) is 8. The third kappa shape index (κ3) is 6.75. The van der Waals surface area contributed by atoms with Gasteiger partial charge in [-0.1, -0.05) is 25.4 Å². The third-order valence-corrected chi connectivity index (χ3v) is 6.40. The number of thioether (sulfide) groups is 1. The molecule has 0 aliphatic carbocycles. The molecular weight excluding hydrogens is 514 g/mol. The number of nitrogens with zero attached hydrogens (tertiary/aromatic N) is 3. The maximum atomic E-state index is 13.2. The quantitative estimate of drug-likeness (QED) is 0.198. The molecular formula is C27H26ClN3O5S. The average Bonchev–Trinajstić information content (AvgIpc) is 3.49. The minimum absolute atomic E-state index is 0.0149. The molecule has 1 fully saturated rings. The van der Waals surface area contributed by atoms with Gasteiger partial charge in [-0.25, -0.2) is 0 Å². The lowest BCUT2D eigenvalue weighted by Gasteiger charge is -2.13. The molecule has 2 heterocycles. The number of carbonyl (C=O) groups is 1. The summed E-state index contributed by atoms with van der Waals surface area (Å²) < 4.78 is 16.7. The summed E-state index contributed by atoms with van der Waals surface area (Å²) >= 11 is 7.21. The molecule has 3 aromatic rings. The number of phenolic OH excluding ortho intramolecular Hbond substituents is 1. The number of halogens is 1. The van der Waals surface area contributed by atoms with Crippen molar-refractivity contribution < 1.29 is 23.8 Å². The molecule has 0 unspecified atom stereocenters. The molecule has 1 saturated heterocycles. The summed E-state index contributed by atoms with van der Waals surface area (Å²) in [6.45, 7) is 4.91. The molecule has 2 aromatic carbocycles. The highest BCUT2D eigenvalue weighted by atomic mass is 35.5. The van der Waals surface area contributed by atoms with Gasteiger partial charge in [0.15, 0.2) is 16.7 Å². The Morgan fingerprint density at radius 2 is 2.03 bits per heavy atom. The van der Waals surface area contributed by atoms with Crippen LogP contribution in [0.2, 0.25) is 5.02 Å². The number of methoxy groups -OCH3 is 1. The minimum atomic E-state index is -0.289. The second-order valence-corrected chi connectivity index (χ2v) is 9.97. The molecule has 37 heavy (non-hydrogen) atoms. The van der Waals surface area contributed by atoms with Gasteiger partial charge in [0.1, 0.15) is 11.5 Å². The van der Waals surface area contributed by atoms with Crippen molar-refractivity contribution in [2.45, 2.75) is 20.4 Å². The van der Waals surface area contributed by atoms with Gasteiger partial charge in [0.2, 0.25) is 0 Å². The molecule has 1 aromatic heterocycles. The average molecular weight is 540 g/mol. The predicted octanol–water partition coefficient (Wildman–Crippen LogP) is 6.19. The Balaban J connectivity index is 1.59. The van der Waals surface area contributed by atoms with Crippen LogP contribution in [-0.2, 0) is 11.3 Å². The van der Waals surface area contributed by atoms with Crippen LogP contribution in [0.3, 0.4) is 0 Å². The number of benzene rings is 2. The van der Waals surface area contributed by atoms with Gasteiger partial charge in [0, 0.05) is 10.6 Å². The van der Waals surface area contributed by atoms with Gasteiger partial charge in [-0.3, -0.25) is 9.69 Å². The van der Waals surface area contributed by atoms with E-state index in [1.165, 1.54) is 11.0 Å². The van der Waals surface area contributed by atoms with Crippen LogP contribution in [0.1, 0.15) is 30.7 Å². The molecule has 1 N–H and O–H groups in total. The standard InChI is InChI=1S/C27H26ClN3O5S/c1-17(2)16-36-23-9-6-18(11-24(23)34-3)14-29-30-27-31(15-21-5-4-10-35-21)26(33)25(37-27)13-19-12-20(28)7-8-22(19)32/h4-14,17,32H,15-16H2,1-3H3/b25-13-,29-14-,30-27+. The van der Waals surface area contributed by atoms with Crippen LogP contribution in [0.15, 0.2) is 74.3 Å². The first-order valence-electron chi connectivity index (χ1n) is 11.5. The monoisotopic (exact) mass is 539 g/mol. The van der Waals surface area contributed by atoms with Crippen LogP contribution in [0.4, 0.5) is 0 Å². The topological polar surface area (TPSA) is 96.9 Å². The largest absolute Gasteiger partial charge is 0.507 e. The van der Waals surface area contributed by atoms with Gasteiger partial charge >= 0.3 is 0 Å². The lowest BCUT2D eigenvalue weighted by molar-refractivity contribution is -0.122. The van der Waals surface area contributed by atoms with E-state index in [0.717, 1.165) is 17.3 Å². The molecule has 0 atom stereocenters. The fraction of sp³-hybridized carbons (Fsp3) is 0.222. The van der Waals surface area contributed by atoms with E-state index in [0.29, 0.717) is 50.4 Å². The lowest BCUT2D eigenvalue weighted by atomic mass is 10.2. The summed E-state index contributed by atoms with van der Waals surface area (Å²) in [5, 5.41) is 19.5. The number of amidine groups is 1. The third-order valence-electron chi connectivity index (χ3n) is 5.17. The number of furan rings is 1. The van der Waals surface area contributed by atoms with E-state index in [1.54, 1.807) is 56.0 Å². The number of ether oxygens (including phenoxy) is 2. The first-order valence-corrected chi connectivity index (χ1v) is 12.7. The zero-order chi connectivity index (χ0) is 26.4. The van der Waals surface area contributed by atoms with Gasteiger partial charge in [-0.05, 0) is 77.9 Å². The van der Waals surface area contributed by atoms with Crippen molar-refractivity contribution in [2.75, 3.05) is 13.7 Å². The summed E-state index contributed by atoms with van der Waals surface area (Å²) in [5.41, 5.74) is 1.18. The Morgan fingerprint density at radius 1 is 1.19 bits per heavy atom. The molecule has 1 aliphatic rings. The highest BCUT2D eigenvalue weighted by Gasteiger charge is 2.34. The van der Waals surface area contributed by atoms with E-state index >= 15 is 0 Å². The molecule has 8 nitrogen and oxygen atoms in total. The first kappa shape index (κ1) is 26.4. The molecule has 4 rings (SSSR count). The maximum Gasteiger partial charge on any atom is 0.267 e. The van der Waals surface area contributed by atoms with E-state index in [1.807, 2.05) is 12.1 Å². The Bertz CT molecular complexity index is 1350. The molecule has 0 saturated carbocycles. The summed E-state index contributed by atoms with van der Waals surface area (Å²) in [5.74, 6) is 1.96. The van der Waals surface area contributed by atoms with Crippen molar-refractivity contribution in [3.05, 3.63) is 81.6 Å². The normalized spacial score (nSPS) is 16.0. The Hall–Kier alpha value is -3.69. The molecule has 0 bridgehead atoms. The van der Waals surface area contributed by atoms with Crippen LogP contribution in [0.25, 0.3) is 6.08 Å². The number of hydrogen-bond donors (Lipinski definition) is 1. The van der Waals surface area contributed by atoms with Crippen molar-refractivity contribution in [3.8, 4) is 17.2 Å². The fourth-order valence-corrected chi connectivity index (χ4v) is 4.45. The van der Waals surface area contributed by atoms with Gasteiger partial charge in [-0.15, -0.1) is 5.10 Å². The molecule has 1 aliphatic heterocycles. The van der Waals surface area contributed by atoms with E-state index in [2.05, 4.69) is 24.1 Å². The lowest BCUT2D eigenvalue weighted by Crippen LogP contribution is -2.28. The van der Waals surface area contributed by atoms with Crippen LogP contribution in [0, 0.1) is 5.92 Å². The highest BCUT2D eigenvalue weighted by Crippen LogP contribution is 2.36. The summed E-state index contributed by atoms with van der Waals surface area (Å²) in [7, 11) is 1.58. The van der Waals surface area contributed by atoms with Gasteiger partial charge in [-0.2, -0.15) is 5.10 Å². The van der Waals surface area contributed by atoms with Crippen LogP contribution < -0.4 is 9.47 Å². The summed E-state index contributed by atoms with van der Waals surface area (Å²) in [6.07, 6.45) is 4.69. The zero-order valence-electron chi connectivity index (χ0n) is 20.6. The van der Waals surface area contributed by atoms with E-state index in [-0.39, 0.29) is 18.2 Å². The second-order valence-electron chi connectivity index (χ2n) is 8.53. The van der Waals surface area contributed by atoms with Crippen LogP contribution in [0.5, 0.6) is 17.2 Å². The minimum Gasteiger partial charge on any atom is -0.507 e. The van der Waals surface area contributed by atoms with E-state index in [9.17, 15) is 9.90 Å². The number of phenols is 1. The first-order chi connectivity index (χ1) is 17.8. The summed E-state index contributed by atoms with van der Waals surface area (Å²) in [6, 6.07) is 13.6. The Morgan fingerprint density at radius 3 is 2.76 bits per heavy atom. The maximum absolute atomic E-state index is 13.2. The second kappa shape index (κ2) is 12.0. The highest BCUT2D eigenvalue weighted by molar-refractivity contribution is 8.18. The molecule has 192 valence electrons. The molecule has 0 radical (unpaired) electrons.